The fraction of sp³-hybridized carbons (Fsp3) is 0.500. The Labute approximate surface area is 113 Å². The number of ether oxygens (including phenoxy) is 1. The molecule has 0 saturated carbocycles. The molecule has 1 aromatic carbocycles. The molecular formula is C16H20O3. The average Bonchev–Trinajstić information content (AvgIpc) is 2.45. The fourth-order valence-corrected chi connectivity index (χ4v) is 3.26. The summed E-state index contributed by atoms with van der Waals surface area (Å²) in [5.74, 6) is 1.11. The van der Waals surface area contributed by atoms with Crippen LogP contribution in [0.25, 0.3) is 0 Å². The van der Waals surface area contributed by atoms with Gasteiger partial charge in [-0.2, -0.15) is 0 Å². The normalized spacial score (nSPS) is 37.3. The van der Waals surface area contributed by atoms with Crippen molar-refractivity contribution in [2.24, 2.45) is 17.3 Å². The Morgan fingerprint density at radius 3 is 2.74 bits per heavy atom. The van der Waals surface area contributed by atoms with E-state index in [0.717, 1.165) is 12.0 Å². The van der Waals surface area contributed by atoms with Gasteiger partial charge in [0.05, 0.1) is 19.3 Å². The quantitative estimate of drug-likeness (QED) is 0.804. The largest absolute Gasteiger partial charge is 0.508 e. The highest BCUT2D eigenvalue weighted by molar-refractivity contribution is 5.29. The van der Waals surface area contributed by atoms with E-state index in [1.54, 1.807) is 12.1 Å². The zero-order valence-electron chi connectivity index (χ0n) is 11.1. The summed E-state index contributed by atoms with van der Waals surface area (Å²) in [4.78, 5) is 0. The van der Waals surface area contributed by atoms with Crippen molar-refractivity contribution in [3.05, 3.63) is 42.0 Å². The second-order valence-corrected chi connectivity index (χ2v) is 5.93. The molecule has 19 heavy (non-hydrogen) atoms. The third kappa shape index (κ3) is 2.17. The Hall–Kier alpha value is -1.32. The molecule has 2 N–H and O–H groups in total. The van der Waals surface area contributed by atoms with Crippen LogP contribution in [-0.2, 0) is 4.74 Å². The lowest BCUT2D eigenvalue weighted by Crippen LogP contribution is -2.44. The van der Waals surface area contributed by atoms with E-state index in [0.29, 0.717) is 18.4 Å². The highest BCUT2D eigenvalue weighted by Gasteiger charge is 2.44. The first-order valence-electron chi connectivity index (χ1n) is 6.84. The average molecular weight is 260 g/mol. The van der Waals surface area contributed by atoms with Crippen LogP contribution in [0, 0.1) is 17.3 Å². The molecule has 2 aliphatic rings. The van der Waals surface area contributed by atoms with E-state index in [1.165, 1.54) is 0 Å². The molecule has 1 aromatic rings. The summed E-state index contributed by atoms with van der Waals surface area (Å²) >= 11 is 0. The zero-order chi connectivity index (χ0) is 13.5. The van der Waals surface area contributed by atoms with E-state index in [-0.39, 0.29) is 23.9 Å². The molecule has 0 aromatic heterocycles. The fourth-order valence-electron chi connectivity index (χ4n) is 3.26. The molecule has 2 bridgehead atoms. The second kappa shape index (κ2) is 4.66. The van der Waals surface area contributed by atoms with Crippen molar-refractivity contribution in [2.45, 2.75) is 19.4 Å². The molecule has 1 saturated heterocycles. The standard InChI is InChI=1S/C16H20O3/c1-11-6-7-16(9-17)8-14(11)15(19-10-16)12-2-4-13(18)5-3-12/h2-7,11,14-15,17-18H,8-10H2,1H3/t11?,14-,15+,16-/m0/s1. The number of benzene rings is 1. The number of phenolic OH excluding ortho intramolecular Hbond substituents is 1. The third-order valence-electron chi connectivity index (χ3n) is 4.55. The first kappa shape index (κ1) is 12.7. The van der Waals surface area contributed by atoms with Crippen LogP contribution in [0.1, 0.15) is 25.0 Å². The molecule has 0 spiro atoms. The number of aromatic hydroxyl groups is 1. The molecular weight excluding hydrogens is 240 g/mol. The van der Waals surface area contributed by atoms with Gasteiger partial charge in [0.1, 0.15) is 5.75 Å². The number of aliphatic hydroxyl groups excluding tert-OH is 1. The minimum Gasteiger partial charge on any atom is -0.508 e. The van der Waals surface area contributed by atoms with Gasteiger partial charge in [0.25, 0.3) is 0 Å². The highest BCUT2D eigenvalue weighted by Crippen LogP contribution is 2.49. The molecule has 0 radical (unpaired) electrons. The monoisotopic (exact) mass is 260 g/mol. The number of hydrogen-bond donors (Lipinski definition) is 2. The molecule has 3 rings (SSSR count). The number of aliphatic hydroxyl groups is 1. The van der Waals surface area contributed by atoms with Crippen LogP contribution in [0.5, 0.6) is 5.75 Å². The van der Waals surface area contributed by atoms with Gasteiger partial charge in [-0.15, -0.1) is 0 Å². The van der Waals surface area contributed by atoms with E-state index in [4.69, 9.17) is 4.74 Å². The molecule has 3 nitrogen and oxygen atoms in total. The van der Waals surface area contributed by atoms with Crippen LogP contribution >= 0.6 is 0 Å². The second-order valence-electron chi connectivity index (χ2n) is 5.93. The van der Waals surface area contributed by atoms with Crippen molar-refractivity contribution in [1.29, 1.82) is 0 Å². The molecule has 1 aliphatic heterocycles. The number of hydrogen-bond acceptors (Lipinski definition) is 3. The summed E-state index contributed by atoms with van der Waals surface area (Å²) < 4.78 is 6.04. The Morgan fingerprint density at radius 1 is 1.32 bits per heavy atom. The summed E-state index contributed by atoms with van der Waals surface area (Å²) in [5, 5.41) is 19.0. The van der Waals surface area contributed by atoms with Gasteiger partial charge in [0, 0.05) is 5.41 Å². The van der Waals surface area contributed by atoms with Crippen LogP contribution < -0.4 is 0 Å². The van der Waals surface area contributed by atoms with Gasteiger partial charge in [0.2, 0.25) is 0 Å². The van der Waals surface area contributed by atoms with Crippen molar-refractivity contribution >= 4 is 0 Å². The maximum atomic E-state index is 9.61. The molecule has 3 heteroatoms. The lowest BCUT2D eigenvalue weighted by atomic mass is 9.66. The smallest absolute Gasteiger partial charge is 0.115 e. The number of allylic oxidation sites excluding steroid dienone is 1. The Balaban J connectivity index is 1.90. The summed E-state index contributed by atoms with van der Waals surface area (Å²) in [7, 11) is 0. The summed E-state index contributed by atoms with van der Waals surface area (Å²) in [6.45, 7) is 2.91. The maximum Gasteiger partial charge on any atom is 0.115 e. The minimum atomic E-state index is -0.190. The maximum absolute atomic E-state index is 9.61. The van der Waals surface area contributed by atoms with E-state index in [1.807, 2.05) is 12.1 Å². The number of rotatable bonds is 2. The lowest BCUT2D eigenvalue weighted by molar-refractivity contribution is -0.114. The SMILES string of the molecule is CC1C=C[C@]2(CO)CO[C@H](c3ccc(O)cc3)[C@H]1C2. The first-order valence-corrected chi connectivity index (χ1v) is 6.84. The third-order valence-corrected chi connectivity index (χ3v) is 4.55. The Bertz CT molecular complexity index is 479. The van der Waals surface area contributed by atoms with Gasteiger partial charge in [0.15, 0.2) is 0 Å². The van der Waals surface area contributed by atoms with Crippen molar-refractivity contribution in [3.8, 4) is 5.75 Å². The van der Waals surface area contributed by atoms with Crippen molar-refractivity contribution < 1.29 is 14.9 Å². The van der Waals surface area contributed by atoms with E-state index < -0.39 is 0 Å². The predicted octanol–water partition coefficient (Wildman–Crippen LogP) is 2.65. The van der Waals surface area contributed by atoms with Gasteiger partial charge in [-0.25, -0.2) is 0 Å². The molecule has 1 heterocycles. The van der Waals surface area contributed by atoms with Gasteiger partial charge in [-0.1, -0.05) is 31.2 Å². The van der Waals surface area contributed by atoms with Crippen LogP contribution in [0.15, 0.2) is 36.4 Å². The van der Waals surface area contributed by atoms with Crippen LogP contribution in [0.4, 0.5) is 0 Å². The van der Waals surface area contributed by atoms with Crippen LogP contribution in [0.2, 0.25) is 0 Å². The Kier molecular flexibility index (Phi) is 3.11. The summed E-state index contributed by atoms with van der Waals surface area (Å²) in [5.41, 5.74) is 0.918. The first-order chi connectivity index (χ1) is 9.13. The van der Waals surface area contributed by atoms with E-state index in [2.05, 4.69) is 19.1 Å². The lowest BCUT2D eigenvalue weighted by Gasteiger charge is -2.47. The van der Waals surface area contributed by atoms with Crippen molar-refractivity contribution in [2.75, 3.05) is 13.2 Å². The molecule has 1 unspecified atom stereocenters. The molecule has 4 atom stereocenters. The predicted molar refractivity (Wildman–Crippen MR) is 72.7 cm³/mol. The summed E-state index contributed by atoms with van der Waals surface area (Å²) in [6, 6.07) is 7.26. The minimum absolute atomic E-state index is 0.0558. The Morgan fingerprint density at radius 2 is 2.05 bits per heavy atom. The van der Waals surface area contributed by atoms with E-state index in [9.17, 15) is 10.2 Å². The topological polar surface area (TPSA) is 49.7 Å². The van der Waals surface area contributed by atoms with E-state index >= 15 is 0 Å². The van der Waals surface area contributed by atoms with Gasteiger partial charge in [-0.3, -0.25) is 0 Å². The van der Waals surface area contributed by atoms with Crippen LogP contribution in [0.3, 0.4) is 0 Å². The zero-order valence-corrected chi connectivity index (χ0v) is 11.1. The van der Waals surface area contributed by atoms with Crippen molar-refractivity contribution in [3.63, 3.8) is 0 Å². The van der Waals surface area contributed by atoms with Gasteiger partial charge >= 0.3 is 0 Å². The number of phenols is 1. The summed E-state index contributed by atoms with van der Waals surface area (Å²) in [6.07, 6.45) is 5.36. The van der Waals surface area contributed by atoms with Gasteiger partial charge < -0.3 is 14.9 Å². The molecule has 0 amide bonds. The highest BCUT2D eigenvalue weighted by atomic mass is 16.5. The molecule has 1 aliphatic carbocycles. The molecule has 102 valence electrons. The van der Waals surface area contributed by atoms with Crippen molar-refractivity contribution in [1.82, 2.24) is 0 Å². The molecule has 1 fully saturated rings. The number of fused-ring (bicyclic) bond motifs is 2. The van der Waals surface area contributed by atoms with Gasteiger partial charge in [-0.05, 0) is 36.0 Å². The van der Waals surface area contributed by atoms with Crippen LogP contribution in [-0.4, -0.2) is 23.4 Å².